The molecule has 0 spiro atoms. The van der Waals surface area contributed by atoms with Crippen LogP contribution < -0.4 is 4.74 Å². The summed E-state index contributed by atoms with van der Waals surface area (Å²) >= 11 is 0. The summed E-state index contributed by atoms with van der Waals surface area (Å²) < 4.78 is 6.90. The van der Waals surface area contributed by atoms with Gasteiger partial charge in [0.1, 0.15) is 11.8 Å². The van der Waals surface area contributed by atoms with Crippen molar-refractivity contribution in [2.24, 2.45) is 0 Å². The second-order valence-corrected chi connectivity index (χ2v) is 5.26. The molecule has 0 fully saturated rings. The van der Waals surface area contributed by atoms with Gasteiger partial charge in [-0.25, -0.2) is 4.68 Å². The molecule has 0 unspecified atom stereocenters. The van der Waals surface area contributed by atoms with Crippen molar-refractivity contribution in [3.63, 3.8) is 0 Å². The zero-order valence-electron chi connectivity index (χ0n) is 11.5. The summed E-state index contributed by atoms with van der Waals surface area (Å²) in [6.07, 6.45) is 0. The van der Waals surface area contributed by atoms with Crippen LogP contribution in [0, 0.1) is 11.3 Å². The molecule has 0 saturated carbocycles. The van der Waals surface area contributed by atoms with E-state index in [1.807, 2.05) is 45.0 Å². The molecular weight excluding hydrogens is 240 g/mol. The summed E-state index contributed by atoms with van der Waals surface area (Å²) in [5.41, 5.74) is 1.76. The minimum Gasteiger partial charge on any atom is -0.497 e. The number of methoxy groups -OCH3 is 1. The molecule has 5 heteroatoms. The van der Waals surface area contributed by atoms with Gasteiger partial charge in [0.25, 0.3) is 0 Å². The molecule has 19 heavy (non-hydrogen) atoms. The Balaban J connectivity index is 2.63. The molecule has 0 aliphatic rings. The van der Waals surface area contributed by atoms with Crippen LogP contribution in [0.4, 0.5) is 0 Å². The van der Waals surface area contributed by atoms with Crippen molar-refractivity contribution in [2.45, 2.75) is 26.2 Å². The van der Waals surface area contributed by atoms with Crippen LogP contribution in [0.5, 0.6) is 5.75 Å². The number of nitriles is 1. The van der Waals surface area contributed by atoms with Crippen LogP contribution in [0.2, 0.25) is 0 Å². The number of benzene rings is 1. The van der Waals surface area contributed by atoms with Gasteiger partial charge in [0, 0.05) is 11.5 Å². The van der Waals surface area contributed by atoms with Crippen molar-refractivity contribution >= 4 is 0 Å². The number of hydrogen-bond donors (Lipinski definition) is 0. The molecule has 0 aliphatic carbocycles. The van der Waals surface area contributed by atoms with Gasteiger partial charge >= 0.3 is 0 Å². The van der Waals surface area contributed by atoms with E-state index < -0.39 is 0 Å². The van der Waals surface area contributed by atoms with E-state index in [2.05, 4.69) is 16.4 Å². The maximum Gasteiger partial charge on any atom is 0.186 e. The van der Waals surface area contributed by atoms with Crippen LogP contribution in [0.15, 0.2) is 24.3 Å². The topological polar surface area (TPSA) is 63.7 Å². The Labute approximate surface area is 112 Å². The van der Waals surface area contributed by atoms with Crippen LogP contribution in [-0.4, -0.2) is 22.1 Å². The number of aromatic nitrogens is 3. The summed E-state index contributed by atoms with van der Waals surface area (Å²) in [4.78, 5) is 0. The van der Waals surface area contributed by atoms with Crippen molar-refractivity contribution in [2.75, 3.05) is 7.11 Å². The summed E-state index contributed by atoms with van der Waals surface area (Å²) in [6.45, 7) is 6.09. The van der Waals surface area contributed by atoms with Gasteiger partial charge < -0.3 is 4.74 Å². The standard InChI is InChI=1S/C14H16N4O/c1-14(2,3)13-12(9-15)16-17-18(13)10-6-5-7-11(8-10)19-4/h5-8H,1-4H3. The van der Waals surface area contributed by atoms with E-state index in [0.29, 0.717) is 5.69 Å². The van der Waals surface area contributed by atoms with E-state index in [1.165, 1.54) is 0 Å². The first kappa shape index (κ1) is 13.1. The zero-order valence-corrected chi connectivity index (χ0v) is 11.5. The second kappa shape index (κ2) is 4.73. The van der Waals surface area contributed by atoms with Crippen molar-refractivity contribution in [1.82, 2.24) is 15.0 Å². The lowest BCUT2D eigenvalue weighted by atomic mass is 9.90. The van der Waals surface area contributed by atoms with Gasteiger partial charge in [-0.05, 0) is 12.1 Å². The summed E-state index contributed by atoms with van der Waals surface area (Å²) in [6, 6.07) is 9.62. The smallest absolute Gasteiger partial charge is 0.186 e. The first-order chi connectivity index (χ1) is 8.97. The number of nitrogens with zero attached hydrogens (tertiary/aromatic N) is 4. The van der Waals surface area contributed by atoms with Crippen molar-refractivity contribution in [3.8, 4) is 17.5 Å². The fourth-order valence-corrected chi connectivity index (χ4v) is 1.95. The van der Waals surface area contributed by atoms with E-state index in [0.717, 1.165) is 17.1 Å². The molecule has 0 N–H and O–H groups in total. The molecule has 2 aromatic rings. The van der Waals surface area contributed by atoms with Gasteiger partial charge in [0.2, 0.25) is 0 Å². The fraction of sp³-hybridized carbons (Fsp3) is 0.357. The van der Waals surface area contributed by atoms with Crippen molar-refractivity contribution < 1.29 is 4.74 Å². The van der Waals surface area contributed by atoms with Crippen LogP contribution >= 0.6 is 0 Å². The molecule has 2 rings (SSSR count). The van der Waals surface area contributed by atoms with E-state index in [1.54, 1.807) is 11.8 Å². The van der Waals surface area contributed by atoms with E-state index in [4.69, 9.17) is 10.00 Å². The maximum atomic E-state index is 9.15. The molecule has 1 aromatic heterocycles. The second-order valence-electron chi connectivity index (χ2n) is 5.26. The Morgan fingerprint density at radius 1 is 1.32 bits per heavy atom. The number of hydrogen-bond acceptors (Lipinski definition) is 4. The predicted octanol–water partition coefficient (Wildman–Crippen LogP) is 2.45. The highest BCUT2D eigenvalue weighted by atomic mass is 16.5. The summed E-state index contributed by atoms with van der Waals surface area (Å²) in [5.74, 6) is 0.742. The van der Waals surface area contributed by atoms with Crippen molar-refractivity contribution in [3.05, 3.63) is 35.7 Å². The van der Waals surface area contributed by atoms with Gasteiger partial charge in [-0.15, -0.1) is 5.10 Å². The first-order valence-electron chi connectivity index (χ1n) is 5.98. The predicted molar refractivity (Wildman–Crippen MR) is 71.3 cm³/mol. The lowest BCUT2D eigenvalue weighted by Crippen LogP contribution is -2.19. The first-order valence-corrected chi connectivity index (χ1v) is 5.98. The zero-order chi connectivity index (χ0) is 14.0. The largest absolute Gasteiger partial charge is 0.497 e. The summed E-state index contributed by atoms with van der Waals surface area (Å²) in [7, 11) is 1.62. The Bertz CT molecular complexity index is 632. The number of rotatable bonds is 2. The molecule has 0 radical (unpaired) electrons. The molecule has 0 bridgehead atoms. The highest BCUT2D eigenvalue weighted by Crippen LogP contribution is 2.27. The molecule has 0 atom stereocenters. The molecule has 0 amide bonds. The molecule has 0 saturated heterocycles. The molecule has 1 aromatic carbocycles. The molecule has 98 valence electrons. The third-order valence-corrected chi connectivity index (χ3v) is 2.78. The fourth-order valence-electron chi connectivity index (χ4n) is 1.95. The lowest BCUT2D eigenvalue weighted by Gasteiger charge is -2.19. The Kier molecular flexibility index (Phi) is 3.26. The SMILES string of the molecule is COc1cccc(-n2nnc(C#N)c2C(C)(C)C)c1. The van der Waals surface area contributed by atoms with Crippen molar-refractivity contribution in [1.29, 1.82) is 5.26 Å². The van der Waals surface area contributed by atoms with Gasteiger partial charge in [-0.2, -0.15) is 5.26 Å². The number of ether oxygens (including phenoxy) is 1. The minimum absolute atomic E-state index is 0.225. The lowest BCUT2D eigenvalue weighted by molar-refractivity contribution is 0.414. The third-order valence-electron chi connectivity index (χ3n) is 2.78. The average Bonchev–Trinajstić information content (AvgIpc) is 2.82. The van der Waals surface area contributed by atoms with Gasteiger partial charge in [-0.3, -0.25) is 0 Å². The van der Waals surface area contributed by atoms with Gasteiger partial charge in [0.05, 0.1) is 18.5 Å². The maximum absolute atomic E-state index is 9.15. The molecule has 5 nitrogen and oxygen atoms in total. The Morgan fingerprint density at radius 2 is 2.05 bits per heavy atom. The molecule has 1 heterocycles. The molecular formula is C14H16N4O. The van der Waals surface area contributed by atoms with Crippen LogP contribution in [0.1, 0.15) is 32.2 Å². The third kappa shape index (κ3) is 2.43. The average molecular weight is 256 g/mol. The van der Waals surface area contributed by atoms with Crippen LogP contribution in [0.25, 0.3) is 5.69 Å². The van der Waals surface area contributed by atoms with E-state index in [9.17, 15) is 0 Å². The van der Waals surface area contributed by atoms with Gasteiger partial charge in [0.15, 0.2) is 5.69 Å². The monoisotopic (exact) mass is 256 g/mol. The minimum atomic E-state index is -0.225. The van der Waals surface area contributed by atoms with E-state index >= 15 is 0 Å². The van der Waals surface area contributed by atoms with Crippen LogP contribution in [0.3, 0.4) is 0 Å². The summed E-state index contributed by atoms with van der Waals surface area (Å²) in [5, 5.41) is 17.2. The molecule has 0 aliphatic heterocycles. The Morgan fingerprint density at radius 3 is 2.63 bits per heavy atom. The Hall–Kier alpha value is -2.35. The van der Waals surface area contributed by atoms with Gasteiger partial charge in [-0.1, -0.05) is 32.1 Å². The highest BCUT2D eigenvalue weighted by Gasteiger charge is 2.26. The van der Waals surface area contributed by atoms with E-state index in [-0.39, 0.29) is 5.41 Å². The highest BCUT2D eigenvalue weighted by molar-refractivity contribution is 5.43. The quantitative estimate of drug-likeness (QED) is 0.827. The normalized spacial score (nSPS) is 11.1. The van der Waals surface area contributed by atoms with Crippen LogP contribution in [-0.2, 0) is 5.41 Å².